The predicted octanol–water partition coefficient (Wildman–Crippen LogP) is 5.77. The lowest BCUT2D eigenvalue weighted by Crippen LogP contribution is -2.17. The fraction of sp³-hybridized carbons (Fsp3) is 0.160. The number of carbonyl (C=O) groups excluding carboxylic acids is 2. The Morgan fingerprint density at radius 1 is 0.941 bits per heavy atom. The standard InChI is InChI=1S/C25H22Cl2N2O5/c1-3-12-33-19-8-5-17(6-9-19)25(31)34-22-11-4-16(13-23(22)32-2)15-28-29-24(30)18-7-10-20(26)21(27)14-18/h4-11,13-15H,3,12H2,1-2H3,(H,29,30). The number of benzene rings is 3. The minimum Gasteiger partial charge on any atom is -0.494 e. The maximum absolute atomic E-state index is 12.5. The van der Waals surface area contributed by atoms with E-state index in [0.29, 0.717) is 39.8 Å². The third kappa shape index (κ3) is 6.73. The number of amides is 1. The third-order valence-corrected chi connectivity index (χ3v) is 5.25. The molecule has 34 heavy (non-hydrogen) atoms. The molecule has 176 valence electrons. The summed E-state index contributed by atoms with van der Waals surface area (Å²) in [4.78, 5) is 24.7. The zero-order chi connectivity index (χ0) is 24.5. The van der Waals surface area contributed by atoms with E-state index < -0.39 is 11.9 Å². The van der Waals surface area contributed by atoms with E-state index in [0.717, 1.165) is 6.42 Å². The average molecular weight is 501 g/mol. The van der Waals surface area contributed by atoms with Gasteiger partial charge in [-0.3, -0.25) is 4.79 Å². The lowest BCUT2D eigenvalue weighted by atomic mass is 10.2. The zero-order valence-corrected chi connectivity index (χ0v) is 20.0. The van der Waals surface area contributed by atoms with E-state index in [1.807, 2.05) is 6.92 Å². The molecule has 0 saturated carbocycles. The Labute approximate surface area is 207 Å². The van der Waals surface area contributed by atoms with Crippen LogP contribution in [-0.4, -0.2) is 31.8 Å². The third-order valence-electron chi connectivity index (χ3n) is 4.51. The van der Waals surface area contributed by atoms with Crippen LogP contribution in [0.3, 0.4) is 0 Å². The van der Waals surface area contributed by atoms with E-state index in [1.54, 1.807) is 42.5 Å². The van der Waals surface area contributed by atoms with Crippen molar-refractivity contribution in [3.05, 3.63) is 87.4 Å². The topological polar surface area (TPSA) is 86.2 Å². The molecule has 0 radical (unpaired) electrons. The first-order valence-electron chi connectivity index (χ1n) is 10.3. The monoisotopic (exact) mass is 500 g/mol. The van der Waals surface area contributed by atoms with Gasteiger partial charge in [-0.25, -0.2) is 10.2 Å². The first-order valence-corrected chi connectivity index (χ1v) is 11.1. The minimum absolute atomic E-state index is 0.246. The second-order valence-electron chi connectivity index (χ2n) is 7.00. The molecule has 3 aromatic carbocycles. The highest BCUT2D eigenvalue weighted by atomic mass is 35.5. The van der Waals surface area contributed by atoms with Gasteiger partial charge in [-0.2, -0.15) is 5.10 Å². The van der Waals surface area contributed by atoms with Crippen molar-refractivity contribution in [1.29, 1.82) is 0 Å². The molecule has 0 aliphatic carbocycles. The van der Waals surface area contributed by atoms with Crippen LogP contribution in [-0.2, 0) is 0 Å². The normalized spacial score (nSPS) is 10.7. The van der Waals surface area contributed by atoms with Gasteiger partial charge in [0, 0.05) is 5.56 Å². The molecule has 0 spiro atoms. The maximum Gasteiger partial charge on any atom is 0.343 e. The molecule has 0 aliphatic heterocycles. The van der Waals surface area contributed by atoms with Crippen LogP contribution >= 0.6 is 23.2 Å². The summed E-state index contributed by atoms with van der Waals surface area (Å²) in [5.74, 6) is 0.284. The van der Waals surface area contributed by atoms with Gasteiger partial charge in [0.05, 0.1) is 35.5 Å². The molecule has 0 atom stereocenters. The maximum atomic E-state index is 12.5. The van der Waals surface area contributed by atoms with Crippen molar-refractivity contribution >= 4 is 41.3 Å². The van der Waals surface area contributed by atoms with Crippen molar-refractivity contribution in [2.24, 2.45) is 5.10 Å². The highest BCUT2D eigenvalue weighted by molar-refractivity contribution is 6.42. The van der Waals surface area contributed by atoms with Gasteiger partial charge < -0.3 is 14.2 Å². The van der Waals surface area contributed by atoms with Crippen molar-refractivity contribution in [2.75, 3.05) is 13.7 Å². The molecular formula is C25H22Cl2N2O5. The van der Waals surface area contributed by atoms with E-state index in [-0.39, 0.29) is 10.8 Å². The van der Waals surface area contributed by atoms with Gasteiger partial charge in [0.15, 0.2) is 11.5 Å². The number of esters is 1. The molecule has 0 aromatic heterocycles. The molecule has 9 heteroatoms. The van der Waals surface area contributed by atoms with Crippen LogP contribution in [0.5, 0.6) is 17.2 Å². The Morgan fingerprint density at radius 2 is 1.68 bits per heavy atom. The van der Waals surface area contributed by atoms with Gasteiger partial charge in [-0.05, 0) is 72.6 Å². The molecule has 0 heterocycles. The number of carbonyl (C=O) groups is 2. The molecule has 3 aromatic rings. The number of hydrogen-bond acceptors (Lipinski definition) is 6. The Bertz CT molecular complexity index is 1200. The van der Waals surface area contributed by atoms with Gasteiger partial charge >= 0.3 is 5.97 Å². The van der Waals surface area contributed by atoms with E-state index >= 15 is 0 Å². The van der Waals surface area contributed by atoms with Gasteiger partial charge in [-0.1, -0.05) is 30.1 Å². The summed E-state index contributed by atoms with van der Waals surface area (Å²) >= 11 is 11.8. The number of hydrogen-bond donors (Lipinski definition) is 1. The van der Waals surface area contributed by atoms with Gasteiger partial charge in [-0.15, -0.1) is 0 Å². The molecule has 3 rings (SSSR count). The fourth-order valence-electron chi connectivity index (χ4n) is 2.78. The Hall–Kier alpha value is -3.55. The Morgan fingerprint density at radius 3 is 2.35 bits per heavy atom. The average Bonchev–Trinajstić information content (AvgIpc) is 2.85. The van der Waals surface area contributed by atoms with Crippen LogP contribution in [0.15, 0.2) is 65.8 Å². The quantitative estimate of drug-likeness (QED) is 0.174. The Balaban J connectivity index is 1.63. The van der Waals surface area contributed by atoms with Crippen LogP contribution < -0.4 is 19.6 Å². The van der Waals surface area contributed by atoms with Crippen LogP contribution in [0.25, 0.3) is 0 Å². The minimum atomic E-state index is -0.532. The summed E-state index contributed by atoms with van der Waals surface area (Å²) in [6, 6.07) is 16.1. The number of hydrazone groups is 1. The SMILES string of the molecule is CCCOc1ccc(C(=O)Oc2ccc(C=NNC(=O)c3ccc(Cl)c(Cl)c3)cc2OC)cc1. The van der Waals surface area contributed by atoms with Crippen LogP contribution in [0.1, 0.15) is 39.6 Å². The van der Waals surface area contributed by atoms with Gasteiger partial charge in [0.1, 0.15) is 5.75 Å². The zero-order valence-electron chi connectivity index (χ0n) is 18.5. The molecule has 1 amide bonds. The van der Waals surface area contributed by atoms with Crippen molar-refractivity contribution < 1.29 is 23.8 Å². The molecule has 0 bridgehead atoms. The Kier molecular flexibility index (Phi) is 8.90. The fourth-order valence-corrected chi connectivity index (χ4v) is 3.08. The summed E-state index contributed by atoms with van der Waals surface area (Å²) in [5.41, 5.74) is 3.72. The summed E-state index contributed by atoms with van der Waals surface area (Å²) in [7, 11) is 1.46. The summed E-state index contributed by atoms with van der Waals surface area (Å²) in [5, 5.41) is 4.56. The van der Waals surface area contributed by atoms with Gasteiger partial charge in [0.25, 0.3) is 5.91 Å². The van der Waals surface area contributed by atoms with E-state index in [9.17, 15) is 9.59 Å². The van der Waals surface area contributed by atoms with Crippen molar-refractivity contribution in [3.8, 4) is 17.2 Å². The van der Waals surface area contributed by atoms with Crippen molar-refractivity contribution in [1.82, 2.24) is 5.43 Å². The number of halogens is 2. The first kappa shape index (κ1) is 25.1. The van der Waals surface area contributed by atoms with Crippen LogP contribution in [0.2, 0.25) is 10.0 Å². The lowest BCUT2D eigenvalue weighted by molar-refractivity contribution is 0.0729. The van der Waals surface area contributed by atoms with Gasteiger partial charge in [0.2, 0.25) is 0 Å². The number of methoxy groups -OCH3 is 1. The van der Waals surface area contributed by atoms with E-state index in [2.05, 4.69) is 10.5 Å². The van der Waals surface area contributed by atoms with Crippen molar-refractivity contribution in [2.45, 2.75) is 13.3 Å². The second kappa shape index (κ2) is 12.1. The molecule has 0 aliphatic rings. The summed E-state index contributed by atoms with van der Waals surface area (Å²) in [6.45, 7) is 2.62. The summed E-state index contributed by atoms with van der Waals surface area (Å²) in [6.07, 6.45) is 2.33. The molecule has 1 N–H and O–H groups in total. The highest BCUT2D eigenvalue weighted by Crippen LogP contribution is 2.28. The highest BCUT2D eigenvalue weighted by Gasteiger charge is 2.13. The second-order valence-corrected chi connectivity index (χ2v) is 7.82. The van der Waals surface area contributed by atoms with Crippen LogP contribution in [0, 0.1) is 0 Å². The van der Waals surface area contributed by atoms with Crippen LogP contribution in [0.4, 0.5) is 0 Å². The number of ether oxygens (including phenoxy) is 3. The summed E-state index contributed by atoms with van der Waals surface area (Å²) < 4.78 is 16.3. The molecule has 0 unspecified atom stereocenters. The smallest absolute Gasteiger partial charge is 0.343 e. The van der Waals surface area contributed by atoms with E-state index in [4.69, 9.17) is 37.4 Å². The number of nitrogens with one attached hydrogen (secondary N) is 1. The molecule has 0 fully saturated rings. The number of rotatable bonds is 9. The molecule has 0 saturated heterocycles. The molecule has 7 nitrogen and oxygen atoms in total. The van der Waals surface area contributed by atoms with E-state index in [1.165, 1.54) is 31.5 Å². The lowest BCUT2D eigenvalue weighted by Gasteiger charge is -2.10. The van der Waals surface area contributed by atoms with Crippen molar-refractivity contribution in [3.63, 3.8) is 0 Å². The first-order chi connectivity index (χ1) is 16.4. The largest absolute Gasteiger partial charge is 0.494 e. The predicted molar refractivity (Wildman–Crippen MR) is 132 cm³/mol. The number of nitrogens with zero attached hydrogens (tertiary/aromatic N) is 1. The molecular weight excluding hydrogens is 479 g/mol.